The van der Waals surface area contributed by atoms with Gasteiger partial charge in [-0.15, -0.1) is 0 Å². The Bertz CT molecular complexity index is 374. The summed E-state index contributed by atoms with van der Waals surface area (Å²) in [4.78, 5) is 11.3. The Morgan fingerprint density at radius 2 is 2.43 bits per heavy atom. The van der Waals surface area contributed by atoms with Gasteiger partial charge in [-0.1, -0.05) is 28.1 Å². The number of carbonyl (C=O) groups excluding carboxylic acids is 1. The predicted molar refractivity (Wildman–Crippen MR) is 58.4 cm³/mol. The number of hydrogen-bond donors (Lipinski definition) is 0. The van der Waals surface area contributed by atoms with Crippen LogP contribution >= 0.6 is 15.9 Å². The van der Waals surface area contributed by atoms with Gasteiger partial charge in [0.15, 0.2) is 5.78 Å². The van der Waals surface area contributed by atoms with Crippen LogP contribution in [-0.2, 0) is 6.42 Å². The minimum Gasteiger partial charge on any atom is -0.488 e. The van der Waals surface area contributed by atoms with Gasteiger partial charge in [0.25, 0.3) is 0 Å². The number of ether oxygens (including phenoxy) is 1. The summed E-state index contributed by atoms with van der Waals surface area (Å²) in [5.41, 5.74) is 1.84. The summed E-state index contributed by atoms with van der Waals surface area (Å²) >= 11 is 3.39. The molecule has 0 N–H and O–H groups in total. The molecule has 1 heterocycles. The predicted octanol–water partition coefficient (Wildman–Crippen LogP) is 2.59. The molecule has 74 valence electrons. The van der Waals surface area contributed by atoms with E-state index in [1.807, 2.05) is 18.2 Å². The van der Waals surface area contributed by atoms with Crippen LogP contribution in [0.4, 0.5) is 0 Å². The Hall–Kier alpha value is -0.830. The lowest BCUT2D eigenvalue weighted by Gasteiger charge is -2.07. The van der Waals surface area contributed by atoms with Gasteiger partial charge >= 0.3 is 0 Å². The maximum Gasteiger partial charge on any atom is 0.163 e. The van der Waals surface area contributed by atoms with Crippen LogP contribution in [0.2, 0.25) is 0 Å². The largest absolute Gasteiger partial charge is 0.488 e. The smallest absolute Gasteiger partial charge is 0.163 e. The number of para-hydroxylation sites is 1. The topological polar surface area (TPSA) is 26.3 Å². The van der Waals surface area contributed by atoms with Crippen LogP contribution in [0.3, 0.4) is 0 Å². The third-order valence-corrected chi connectivity index (χ3v) is 3.10. The Morgan fingerprint density at radius 3 is 3.07 bits per heavy atom. The number of alkyl halides is 1. The highest BCUT2D eigenvalue weighted by Crippen LogP contribution is 2.33. The minimum absolute atomic E-state index is 0.0667. The maximum atomic E-state index is 11.3. The number of ketones is 1. The summed E-state index contributed by atoms with van der Waals surface area (Å²) in [6, 6.07) is 5.75. The van der Waals surface area contributed by atoms with Crippen molar-refractivity contribution < 1.29 is 9.53 Å². The van der Waals surface area contributed by atoms with Crippen molar-refractivity contribution in [2.75, 3.05) is 5.33 Å². The number of halogens is 1. The van der Waals surface area contributed by atoms with E-state index in [0.29, 0.717) is 5.56 Å². The van der Waals surface area contributed by atoms with E-state index in [2.05, 4.69) is 15.9 Å². The average Bonchev–Trinajstić information content (AvgIpc) is 2.59. The molecule has 1 aliphatic heterocycles. The number of rotatable bonds is 2. The van der Waals surface area contributed by atoms with E-state index in [1.54, 1.807) is 6.92 Å². The second-order valence-corrected chi connectivity index (χ2v) is 4.10. The van der Waals surface area contributed by atoms with Gasteiger partial charge in [-0.3, -0.25) is 4.79 Å². The van der Waals surface area contributed by atoms with E-state index in [1.165, 1.54) is 0 Å². The van der Waals surface area contributed by atoms with Crippen molar-refractivity contribution in [2.45, 2.75) is 19.4 Å². The summed E-state index contributed by atoms with van der Waals surface area (Å²) in [5, 5.41) is 0.805. The van der Waals surface area contributed by atoms with Crippen LogP contribution in [0.1, 0.15) is 22.8 Å². The summed E-state index contributed by atoms with van der Waals surface area (Å²) in [7, 11) is 0. The second-order valence-electron chi connectivity index (χ2n) is 3.45. The summed E-state index contributed by atoms with van der Waals surface area (Å²) < 4.78 is 5.68. The van der Waals surface area contributed by atoms with Gasteiger partial charge in [0.1, 0.15) is 11.9 Å². The van der Waals surface area contributed by atoms with Crippen molar-refractivity contribution >= 4 is 21.7 Å². The quantitative estimate of drug-likeness (QED) is 0.599. The molecule has 1 aliphatic rings. The third-order valence-electron chi connectivity index (χ3n) is 2.38. The molecule has 2 nitrogen and oxygen atoms in total. The fourth-order valence-electron chi connectivity index (χ4n) is 1.70. The van der Waals surface area contributed by atoms with Gasteiger partial charge in [0.05, 0.1) is 5.56 Å². The van der Waals surface area contributed by atoms with E-state index in [9.17, 15) is 4.79 Å². The molecule has 2 rings (SSSR count). The monoisotopic (exact) mass is 254 g/mol. The molecule has 14 heavy (non-hydrogen) atoms. The van der Waals surface area contributed by atoms with Gasteiger partial charge in [-0.2, -0.15) is 0 Å². The molecule has 1 aromatic rings. The first kappa shape index (κ1) is 9.71. The van der Waals surface area contributed by atoms with Gasteiger partial charge < -0.3 is 4.74 Å². The molecule has 0 amide bonds. The first-order valence-electron chi connectivity index (χ1n) is 4.58. The van der Waals surface area contributed by atoms with E-state index >= 15 is 0 Å². The zero-order valence-corrected chi connectivity index (χ0v) is 9.50. The van der Waals surface area contributed by atoms with Gasteiger partial charge in [0.2, 0.25) is 0 Å². The Labute approximate surface area is 91.4 Å². The molecule has 1 unspecified atom stereocenters. The Morgan fingerprint density at radius 1 is 1.64 bits per heavy atom. The van der Waals surface area contributed by atoms with Crippen molar-refractivity contribution in [1.82, 2.24) is 0 Å². The van der Waals surface area contributed by atoms with Crippen LogP contribution in [-0.4, -0.2) is 17.2 Å². The zero-order valence-electron chi connectivity index (χ0n) is 7.92. The van der Waals surface area contributed by atoms with Crippen LogP contribution in [0, 0.1) is 0 Å². The molecule has 0 bridgehead atoms. The maximum absolute atomic E-state index is 11.3. The van der Waals surface area contributed by atoms with Crippen molar-refractivity contribution in [3.05, 3.63) is 29.3 Å². The second kappa shape index (κ2) is 3.73. The molecular formula is C11H11BrO2. The highest BCUT2D eigenvalue weighted by atomic mass is 79.9. The number of fused-ring (bicyclic) bond motifs is 1. The SMILES string of the molecule is CC(=O)c1cccc2c1OC(CBr)C2. The van der Waals surface area contributed by atoms with Gasteiger partial charge in [-0.25, -0.2) is 0 Å². The first-order chi connectivity index (χ1) is 6.72. The lowest BCUT2D eigenvalue weighted by molar-refractivity contribution is 0.101. The van der Waals surface area contributed by atoms with E-state index in [-0.39, 0.29) is 11.9 Å². The molecule has 0 aliphatic carbocycles. The van der Waals surface area contributed by atoms with Crippen molar-refractivity contribution in [3.8, 4) is 5.75 Å². The molecule has 0 radical (unpaired) electrons. The Kier molecular flexibility index (Phi) is 2.59. The van der Waals surface area contributed by atoms with Gasteiger partial charge in [0, 0.05) is 11.8 Å². The third kappa shape index (κ3) is 1.57. The van der Waals surface area contributed by atoms with Crippen LogP contribution in [0.15, 0.2) is 18.2 Å². The lowest BCUT2D eigenvalue weighted by atomic mass is 10.0. The molecule has 3 heteroatoms. The molecule has 0 saturated heterocycles. The Balaban J connectivity index is 2.41. The molecule has 1 atom stereocenters. The number of hydrogen-bond acceptors (Lipinski definition) is 2. The van der Waals surface area contributed by atoms with E-state index in [0.717, 1.165) is 23.1 Å². The number of benzene rings is 1. The van der Waals surface area contributed by atoms with Gasteiger partial charge in [-0.05, 0) is 18.6 Å². The summed E-state index contributed by atoms with van der Waals surface area (Å²) in [6.45, 7) is 1.57. The molecule has 0 saturated carbocycles. The molecule has 0 fully saturated rings. The number of carbonyl (C=O) groups is 1. The fraction of sp³-hybridized carbons (Fsp3) is 0.364. The standard InChI is InChI=1S/C11H11BrO2/c1-7(13)10-4-2-3-8-5-9(6-12)14-11(8)10/h2-4,9H,5-6H2,1H3. The van der Waals surface area contributed by atoms with E-state index < -0.39 is 0 Å². The molecule has 1 aromatic carbocycles. The highest BCUT2D eigenvalue weighted by Gasteiger charge is 2.25. The zero-order chi connectivity index (χ0) is 10.1. The molecule has 0 spiro atoms. The lowest BCUT2D eigenvalue weighted by Crippen LogP contribution is -2.14. The van der Waals surface area contributed by atoms with Crippen molar-refractivity contribution in [2.24, 2.45) is 0 Å². The molecular weight excluding hydrogens is 244 g/mol. The fourth-order valence-corrected chi connectivity index (χ4v) is 2.06. The summed E-state index contributed by atoms with van der Waals surface area (Å²) in [5.74, 6) is 0.849. The molecule has 0 aromatic heterocycles. The van der Waals surface area contributed by atoms with Crippen molar-refractivity contribution in [3.63, 3.8) is 0 Å². The number of Topliss-reactive ketones (excluding diaryl/α,β-unsaturated/α-hetero) is 1. The van der Waals surface area contributed by atoms with Crippen LogP contribution in [0.5, 0.6) is 5.75 Å². The first-order valence-corrected chi connectivity index (χ1v) is 5.70. The minimum atomic E-state index is 0.0667. The van der Waals surface area contributed by atoms with Crippen LogP contribution in [0.25, 0.3) is 0 Å². The van der Waals surface area contributed by atoms with Crippen LogP contribution < -0.4 is 4.74 Å². The normalized spacial score (nSPS) is 18.9. The average molecular weight is 255 g/mol. The summed E-state index contributed by atoms with van der Waals surface area (Å²) in [6.07, 6.45) is 1.06. The van der Waals surface area contributed by atoms with E-state index in [4.69, 9.17) is 4.74 Å². The van der Waals surface area contributed by atoms with Crippen molar-refractivity contribution in [1.29, 1.82) is 0 Å². The highest BCUT2D eigenvalue weighted by molar-refractivity contribution is 9.09.